The largest absolute Gasteiger partial charge is 0.457 e. The summed E-state index contributed by atoms with van der Waals surface area (Å²) < 4.78 is 9.91. The average Bonchev–Trinajstić information content (AvgIpc) is 2.70. The van der Waals surface area contributed by atoms with Crippen molar-refractivity contribution in [1.29, 1.82) is 0 Å². The van der Waals surface area contributed by atoms with Crippen molar-refractivity contribution >= 4 is 17.6 Å². The first-order valence-electron chi connectivity index (χ1n) is 4.27. The number of ether oxygens (including phenoxy) is 1. The summed E-state index contributed by atoms with van der Waals surface area (Å²) in [5.74, 6) is 0.0149. The molecule has 0 aliphatic rings. The van der Waals surface area contributed by atoms with Crippen LogP contribution in [0.3, 0.4) is 0 Å². The first kappa shape index (κ1) is 9.80. The van der Waals surface area contributed by atoms with Crippen molar-refractivity contribution in [3.8, 4) is 5.75 Å². The molecular weight excluding hydrogens is 216 g/mol. The van der Waals surface area contributed by atoms with Gasteiger partial charge >= 0.3 is 5.97 Å². The van der Waals surface area contributed by atoms with Crippen LogP contribution in [0.25, 0.3) is 0 Å². The fourth-order valence-corrected chi connectivity index (χ4v) is 1.26. The van der Waals surface area contributed by atoms with Crippen molar-refractivity contribution in [1.82, 2.24) is 0 Å². The number of hydrogen-bond acceptors (Lipinski definition) is 3. The fourth-order valence-electron chi connectivity index (χ4n) is 1.08. The normalized spacial score (nSPS) is 9.93. The van der Waals surface area contributed by atoms with E-state index in [0.29, 0.717) is 10.8 Å². The van der Waals surface area contributed by atoms with Gasteiger partial charge in [0, 0.05) is 5.02 Å². The predicted octanol–water partition coefficient (Wildman–Crippen LogP) is 3.15. The lowest BCUT2D eigenvalue weighted by Gasteiger charge is -2.01. The van der Waals surface area contributed by atoms with Gasteiger partial charge in [0.05, 0.1) is 6.26 Å². The zero-order valence-electron chi connectivity index (χ0n) is 7.64. The van der Waals surface area contributed by atoms with E-state index in [-0.39, 0.29) is 5.76 Å². The van der Waals surface area contributed by atoms with Crippen LogP contribution < -0.4 is 4.74 Å². The Balaban J connectivity index is 2.13. The van der Waals surface area contributed by atoms with Crippen molar-refractivity contribution in [3.05, 3.63) is 53.4 Å². The van der Waals surface area contributed by atoms with Gasteiger partial charge in [0.15, 0.2) is 0 Å². The van der Waals surface area contributed by atoms with Crippen LogP contribution in [0.4, 0.5) is 0 Å². The summed E-state index contributed by atoms with van der Waals surface area (Å²) in [7, 11) is 0. The second kappa shape index (κ2) is 4.19. The van der Waals surface area contributed by atoms with Gasteiger partial charge in [-0.15, -0.1) is 0 Å². The molecule has 0 aliphatic carbocycles. The van der Waals surface area contributed by atoms with Gasteiger partial charge in [0.2, 0.25) is 5.76 Å². The zero-order chi connectivity index (χ0) is 10.7. The number of hydrogen-bond donors (Lipinski definition) is 0. The lowest BCUT2D eigenvalue weighted by molar-refractivity contribution is 0.0701. The van der Waals surface area contributed by atoms with E-state index in [1.54, 1.807) is 30.3 Å². The second-order valence-electron chi connectivity index (χ2n) is 2.82. The molecule has 0 amide bonds. The number of halogens is 1. The minimum atomic E-state index is -0.540. The maximum Gasteiger partial charge on any atom is 0.379 e. The minimum absolute atomic E-state index is 0.162. The summed E-state index contributed by atoms with van der Waals surface area (Å²) in [5, 5.41) is 0.514. The van der Waals surface area contributed by atoms with E-state index in [9.17, 15) is 4.79 Å². The van der Waals surface area contributed by atoms with Crippen LogP contribution in [0.15, 0.2) is 47.1 Å². The van der Waals surface area contributed by atoms with Crippen LogP contribution in [0.1, 0.15) is 10.6 Å². The fraction of sp³-hybridized carbons (Fsp3) is 0. The third-order valence-electron chi connectivity index (χ3n) is 1.73. The van der Waals surface area contributed by atoms with E-state index in [4.69, 9.17) is 20.8 Å². The Labute approximate surface area is 91.2 Å². The van der Waals surface area contributed by atoms with Crippen LogP contribution in [0, 0.1) is 0 Å². The van der Waals surface area contributed by atoms with Crippen molar-refractivity contribution in [3.63, 3.8) is 0 Å². The van der Waals surface area contributed by atoms with Crippen molar-refractivity contribution in [2.24, 2.45) is 0 Å². The molecule has 0 saturated heterocycles. The monoisotopic (exact) mass is 222 g/mol. The molecule has 0 aliphatic heterocycles. The maximum absolute atomic E-state index is 11.4. The summed E-state index contributed by atoms with van der Waals surface area (Å²) in [6, 6.07) is 9.76. The smallest absolute Gasteiger partial charge is 0.379 e. The molecule has 3 nitrogen and oxygen atoms in total. The van der Waals surface area contributed by atoms with E-state index in [1.165, 1.54) is 12.3 Å². The Morgan fingerprint density at radius 1 is 1.27 bits per heavy atom. The second-order valence-corrected chi connectivity index (χ2v) is 3.26. The maximum atomic E-state index is 11.4. The van der Waals surface area contributed by atoms with E-state index in [1.807, 2.05) is 0 Å². The molecule has 4 heteroatoms. The molecule has 0 radical (unpaired) electrons. The molecule has 1 aromatic carbocycles. The molecule has 2 rings (SSSR count). The van der Waals surface area contributed by atoms with Gasteiger partial charge < -0.3 is 9.15 Å². The average molecular weight is 223 g/mol. The first-order chi connectivity index (χ1) is 7.25. The molecule has 1 heterocycles. The summed E-state index contributed by atoms with van der Waals surface area (Å²) in [6.45, 7) is 0. The summed E-state index contributed by atoms with van der Waals surface area (Å²) >= 11 is 5.74. The molecule has 0 fully saturated rings. The Kier molecular flexibility index (Phi) is 2.74. The predicted molar refractivity (Wildman–Crippen MR) is 55.1 cm³/mol. The van der Waals surface area contributed by atoms with Crippen LogP contribution in [0.2, 0.25) is 5.02 Å². The van der Waals surface area contributed by atoms with Crippen molar-refractivity contribution in [2.75, 3.05) is 0 Å². The van der Waals surface area contributed by atoms with E-state index < -0.39 is 5.97 Å². The highest BCUT2D eigenvalue weighted by Gasteiger charge is 2.10. The number of carbonyl (C=O) groups is 1. The van der Waals surface area contributed by atoms with Crippen LogP contribution in [-0.4, -0.2) is 5.97 Å². The third-order valence-corrected chi connectivity index (χ3v) is 1.96. The highest BCUT2D eigenvalue weighted by atomic mass is 35.5. The van der Waals surface area contributed by atoms with E-state index >= 15 is 0 Å². The molecule has 0 saturated carbocycles. The van der Waals surface area contributed by atoms with E-state index in [0.717, 1.165) is 0 Å². The Morgan fingerprint density at radius 2 is 2.13 bits per heavy atom. The first-order valence-corrected chi connectivity index (χ1v) is 4.65. The Morgan fingerprint density at radius 3 is 2.80 bits per heavy atom. The molecule has 76 valence electrons. The zero-order valence-corrected chi connectivity index (χ0v) is 8.40. The lowest BCUT2D eigenvalue weighted by atomic mass is 10.3. The Bertz CT molecular complexity index is 462. The molecule has 2 aromatic rings. The SMILES string of the molecule is O=C(Oc1cccc(Cl)c1)c1ccco1. The number of esters is 1. The van der Waals surface area contributed by atoms with Gasteiger partial charge in [-0.2, -0.15) is 0 Å². The Hall–Kier alpha value is -1.74. The summed E-state index contributed by atoms with van der Waals surface area (Å²) in [4.78, 5) is 11.4. The van der Waals surface area contributed by atoms with Crippen LogP contribution in [0.5, 0.6) is 5.75 Å². The molecule has 0 bridgehead atoms. The molecule has 1 aromatic heterocycles. The number of carbonyl (C=O) groups excluding carboxylic acids is 1. The number of furan rings is 1. The number of benzene rings is 1. The standard InChI is InChI=1S/C11H7ClO3/c12-8-3-1-4-9(7-8)15-11(13)10-5-2-6-14-10/h1-7H. The molecule has 0 unspecified atom stereocenters. The van der Waals surface area contributed by atoms with Gasteiger partial charge in [0.25, 0.3) is 0 Å². The van der Waals surface area contributed by atoms with Gasteiger partial charge in [0.1, 0.15) is 5.75 Å². The topological polar surface area (TPSA) is 39.4 Å². The van der Waals surface area contributed by atoms with Gasteiger partial charge in [-0.25, -0.2) is 4.79 Å². The van der Waals surface area contributed by atoms with E-state index in [2.05, 4.69) is 0 Å². The molecule has 0 atom stereocenters. The van der Waals surface area contributed by atoms with Crippen molar-refractivity contribution < 1.29 is 13.9 Å². The molecular formula is C11H7ClO3. The highest BCUT2D eigenvalue weighted by molar-refractivity contribution is 6.30. The third kappa shape index (κ3) is 2.39. The molecule has 15 heavy (non-hydrogen) atoms. The van der Waals surface area contributed by atoms with Crippen molar-refractivity contribution in [2.45, 2.75) is 0 Å². The quantitative estimate of drug-likeness (QED) is 0.579. The number of rotatable bonds is 2. The summed E-state index contributed by atoms with van der Waals surface area (Å²) in [6.07, 6.45) is 1.41. The van der Waals surface area contributed by atoms with Gasteiger partial charge in [-0.1, -0.05) is 17.7 Å². The van der Waals surface area contributed by atoms with Crippen LogP contribution >= 0.6 is 11.6 Å². The summed E-state index contributed by atoms with van der Waals surface area (Å²) in [5.41, 5.74) is 0. The van der Waals surface area contributed by atoms with Gasteiger partial charge in [-0.3, -0.25) is 0 Å². The molecule has 0 N–H and O–H groups in total. The molecule has 0 spiro atoms. The van der Waals surface area contributed by atoms with Gasteiger partial charge in [-0.05, 0) is 30.3 Å². The highest BCUT2D eigenvalue weighted by Crippen LogP contribution is 2.18. The van der Waals surface area contributed by atoms with Crippen LogP contribution in [-0.2, 0) is 0 Å². The minimum Gasteiger partial charge on any atom is -0.457 e. The lowest BCUT2D eigenvalue weighted by Crippen LogP contribution is -2.06.